The maximum atomic E-state index is 11.8. The maximum absolute atomic E-state index is 11.8. The smallest absolute Gasteiger partial charge is 0.250 e. The number of rotatable bonds is 6. The summed E-state index contributed by atoms with van der Waals surface area (Å²) in [5, 5.41) is 6.14. The van der Waals surface area contributed by atoms with Crippen molar-refractivity contribution in [1.29, 1.82) is 0 Å². The van der Waals surface area contributed by atoms with E-state index >= 15 is 0 Å². The molecule has 0 unspecified atom stereocenters. The molecule has 0 bridgehead atoms. The number of hydrogen-bond donors (Lipinski definition) is 2. The van der Waals surface area contributed by atoms with Crippen LogP contribution in [0.1, 0.15) is 33.3 Å². The lowest BCUT2D eigenvalue weighted by atomic mass is 10.1. The Morgan fingerprint density at radius 1 is 1.26 bits per heavy atom. The van der Waals surface area contributed by atoms with Gasteiger partial charge < -0.3 is 15.4 Å². The van der Waals surface area contributed by atoms with Crippen LogP contribution in [-0.2, 0) is 16.1 Å². The Labute approximate surface area is 115 Å². The van der Waals surface area contributed by atoms with Crippen LogP contribution >= 0.6 is 0 Å². The molecule has 0 aliphatic rings. The number of carbonyl (C=O) groups excluding carboxylic acids is 1. The van der Waals surface area contributed by atoms with Crippen LogP contribution in [0.3, 0.4) is 0 Å². The van der Waals surface area contributed by atoms with Crippen molar-refractivity contribution in [3.63, 3.8) is 0 Å². The first-order valence-corrected chi connectivity index (χ1v) is 6.65. The van der Waals surface area contributed by atoms with Crippen molar-refractivity contribution >= 4 is 11.6 Å². The molecule has 2 N–H and O–H groups in total. The summed E-state index contributed by atoms with van der Waals surface area (Å²) in [5.74, 6) is -0.126. The number of hydrogen-bond acceptors (Lipinski definition) is 3. The van der Waals surface area contributed by atoms with Crippen molar-refractivity contribution in [1.82, 2.24) is 5.32 Å². The zero-order chi connectivity index (χ0) is 14.3. The quantitative estimate of drug-likeness (QED) is 0.830. The second kappa shape index (κ2) is 7.26. The third kappa shape index (κ3) is 6.36. The first-order chi connectivity index (χ1) is 8.92. The molecule has 1 aromatic rings. The molecule has 0 aromatic heterocycles. The van der Waals surface area contributed by atoms with E-state index in [9.17, 15) is 4.79 Å². The van der Waals surface area contributed by atoms with Crippen molar-refractivity contribution in [2.24, 2.45) is 0 Å². The van der Waals surface area contributed by atoms with Gasteiger partial charge in [0.15, 0.2) is 0 Å². The van der Waals surface area contributed by atoms with E-state index in [0.717, 1.165) is 24.3 Å². The van der Waals surface area contributed by atoms with Gasteiger partial charge in [0.2, 0.25) is 5.91 Å². The molecule has 19 heavy (non-hydrogen) atoms. The molecule has 0 aliphatic heterocycles. The zero-order valence-electron chi connectivity index (χ0n) is 12.2. The van der Waals surface area contributed by atoms with E-state index in [4.69, 9.17) is 4.74 Å². The Morgan fingerprint density at radius 2 is 1.95 bits per heavy atom. The molecule has 1 rings (SSSR count). The van der Waals surface area contributed by atoms with Crippen LogP contribution in [0.15, 0.2) is 24.3 Å². The number of ether oxygens (including phenoxy) is 1. The molecule has 0 aliphatic carbocycles. The van der Waals surface area contributed by atoms with E-state index in [1.54, 1.807) is 0 Å². The van der Waals surface area contributed by atoms with Gasteiger partial charge in [0, 0.05) is 12.2 Å². The van der Waals surface area contributed by atoms with Crippen molar-refractivity contribution in [3.8, 4) is 0 Å². The van der Waals surface area contributed by atoms with Crippen LogP contribution in [0, 0.1) is 0 Å². The maximum Gasteiger partial charge on any atom is 0.250 e. The molecule has 1 aromatic carbocycles. The highest BCUT2D eigenvalue weighted by molar-refractivity contribution is 5.92. The summed E-state index contributed by atoms with van der Waals surface area (Å²) in [6.45, 7) is 9.55. The third-order valence-corrected chi connectivity index (χ3v) is 2.49. The van der Waals surface area contributed by atoms with Gasteiger partial charge in [-0.2, -0.15) is 0 Å². The molecule has 0 saturated heterocycles. The summed E-state index contributed by atoms with van der Waals surface area (Å²) in [4.78, 5) is 11.8. The van der Waals surface area contributed by atoms with Gasteiger partial charge >= 0.3 is 0 Å². The van der Waals surface area contributed by atoms with Gasteiger partial charge in [-0.15, -0.1) is 0 Å². The summed E-state index contributed by atoms with van der Waals surface area (Å²) in [6.07, 6.45) is 0. The van der Waals surface area contributed by atoms with E-state index in [1.807, 2.05) is 45.0 Å². The molecule has 0 spiro atoms. The molecule has 0 atom stereocenters. The Balaban J connectivity index is 2.58. The Kier molecular flexibility index (Phi) is 5.99. The van der Waals surface area contributed by atoms with Gasteiger partial charge in [0.1, 0.15) is 6.61 Å². The second-order valence-electron chi connectivity index (χ2n) is 5.39. The first-order valence-electron chi connectivity index (χ1n) is 6.65. The highest BCUT2D eigenvalue weighted by atomic mass is 16.5. The van der Waals surface area contributed by atoms with Crippen molar-refractivity contribution in [2.75, 3.05) is 18.5 Å². The van der Waals surface area contributed by atoms with E-state index in [-0.39, 0.29) is 18.1 Å². The first kappa shape index (κ1) is 15.7. The fraction of sp³-hybridized carbons (Fsp3) is 0.533. The van der Waals surface area contributed by atoms with Crippen LogP contribution in [-0.4, -0.2) is 24.7 Å². The van der Waals surface area contributed by atoms with Gasteiger partial charge in [0.05, 0.1) is 5.60 Å². The van der Waals surface area contributed by atoms with Crippen LogP contribution in [0.5, 0.6) is 0 Å². The van der Waals surface area contributed by atoms with Gasteiger partial charge in [-0.05, 0) is 38.9 Å². The summed E-state index contributed by atoms with van der Waals surface area (Å²) >= 11 is 0. The van der Waals surface area contributed by atoms with E-state index < -0.39 is 0 Å². The summed E-state index contributed by atoms with van der Waals surface area (Å²) in [6, 6.07) is 7.79. The topological polar surface area (TPSA) is 50.4 Å². The largest absolute Gasteiger partial charge is 0.366 e. The predicted octanol–water partition coefficient (Wildman–Crippen LogP) is 2.55. The van der Waals surface area contributed by atoms with Crippen LogP contribution < -0.4 is 10.6 Å². The van der Waals surface area contributed by atoms with Gasteiger partial charge in [-0.3, -0.25) is 4.79 Å². The SMILES string of the molecule is CCNCc1ccccc1NC(=O)COC(C)(C)C. The van der Waals surface area contributed by atoms with E-state index in [2.05, 4.69) is 17.6 Å². The fourth-order valence-electron chi connectivity index (χ4n) is 1.52. The standard InChI is InChI=1S/C15H24N2O2/c1-5-16-10-12-8-6-7-9-13(12)17-14(18)11-19-15(2,3)4/h6-9,16H,5,10-11H2,1-4H3,(H,17,18). The van der Waals surface area contributed by atoms with Crippen molar-refractivity contribution < 1.29 is 9.53 Å². The van der Waals surface area contributed by atoms with Gasteiger partial charge in [0.25, 0.3) is 0 Å². The fourth-order valence-corrected chi connectivity index (χ4v) is 1.52. The lowest BCUT2D eigenvalue weighted by molar-refractivity contribution is -0.125. The molecular weight excluding hydrogens is 240 g/mol. The lowest BCUT2D eigenvalue weighted by Crippen LogP contribution is -2.27. The normalized spacial score (nSPS) is 11.4. The molecule has 0 radical (unpaired) electrons. The molecule has 4 heteroatoms. The lowest BCUT2D eigenvalue weighted by Gasteiger charge is -2.19. The van der Waals surface area contributed by atoms with Crippen LogP contribution in [0.2, 0.25) is 0 Å². The Bertz CT molecular complexity index is 411. The Morgan fingerprint density at radius 3 is 2.58 bits per heavy atom. The van der Waals surface area contributed by atoms with Gasteiger partial charge in [-0.1, -0.05) is 25.1 Å². The number of carbonyl (C=O) groups is 1. The average molecular weight is 264 g/mol. The molecular formula is C15H24N2O2. The average Bonchev–Trinajstić information content (AvgIpc) is 2.34. The minimum Gasteiger partial charge on any atom is -0.366 e. The molecule has 4 nitrogen and oxygen atoms in total. The number of para-hydroxylation sites is 1. The minimum atomic E-state index is -0.305. The number of amides is 1. The van der Waals surface area contributed by atoms with Crippen molar-refractivity contribution in [2.45, 2.75) is 39.8 Å². The Hall–Kier alpha value is -1.39. The highest BCUT2D eigenvalue weighted by Gasteiger charge is 2.13. The molecule has 0 saturated carbocycles. The number of anilines is 1. The van der Waals surface area contributed by atoms with Crippen LogP contribution in [0.4, 0.5) is 5.69 Å². The van der Waals surface area contributed by atoms with E-state index in [0.29, 0.717) is 0 Å². The summed E-state index contributed by atoms with van der Waals surface area (Å²) in [5.41, 5.74) is 1.61. The second-order valence-corrected chi connectivity index (χ2v) is 5.39. The van der Waals surface area contributed by atoms with Gasteiger partial charge in [-0.25, -0.2) is 0 Å². The number of nitrogens with one attached hydrogen (secondary N) is 2. The minimum absolute atomic E-state index is 0.0685. The van der Waals surface area contributed by atoms with E-state index in [1.165, 1.54) is 0 Å². The van der Waals surface area contributed by atoms with Crippen molar-refractivity contribution in [3.05, 3.63) is 29.8 Å². The molecule has 1 amide bonds. The third-order valence-electron chi connectivity index (χ3n) is 2.49. The predicted molar refractivity (Wildman–Crippen MR) is 78.2 cm³/mol. The molecule has 106 valence electrons. The molecule has 0 fully saturated rings. The highest BCUT2D eigenvalue weighted by Crippen LogP contribution is 2.15. The monoisotopic (exact) mass is 264 g/mol. The van der Waals surface area contributed by atoms with Crippen LogP contribution in [0.25, 0.3) is 0 Å². The number of benzene rings is 1. The molecule has 0 heterocycles. The zero-order valence-corrected chi connectivity index (χ0v) is 12.2. The summed E-state index contributed by atoms with van der Waals surface area (Å²) in [7, 11) is 0. The summed E-state index contributed by atoms with van der Waals surface area (Å²) < 4.78 is 5.46.